The largest absolute Gasteiger partial charge is 0.497 e. The maximum Gasteiger partial charge on any atom is 0.262 e. The maximum atomic E-state index is 11.8. The van der Waals surface area contributed by atoms with Crippen LogP contribution in [0, 0.1) is 6.92 Å². The maximum absolute atomic E-state index is 11.8. The van der Waals surface area contributed by atoms with Crippen LogP contribution in [0.25, 0.3) is 0 Å². The van der Waals surface area contributed by atoms with Crippen LogP contribution in [-0.2, 0) is 4.79 Å². The summed E-state index contributed by atoms with van der Waals surface area (Å²) in [6.45, 7) is 1.84. The molecule has 2 aromatic rings. The number of hydrogen-bond acceptors (Lipinski definition) is 4. The molecule has 0 heterocycles. The standard InChI is InChI=1S/C16H18N2O3/c1-11-3-4-12(9-15(11)17)18-16(19)10-21-14-7-5-13(20-2)6-8-14/h3-9H,10,17H2,1-2H3,(H,18,19). The van der Waals surface area contributed by atoms with Crippen LogP contribution in [0.15, 0.2) is 42.5 Å². The Labute approximate surface area is 123 Å². The normalized spacial score (nSPS) is 10.0. The van der Waals surface area contributed by atoms with Crippen molar-refractivity contribution in [1.29, 1.82) is 0 Å². The third-order valence-corrected chi connectivity index (χ3v) is 2.99. The molecule has 0 fully saturated rings. The first kappa shape index (κ1) is 14.7. The zero-order valence-electron chi connectivity index (χ0n) is 12.1. The first-order valence-corrected chi connectivity index (χ1v) is 6.51. The van der Waals surface area contributed by atoms with Crippen molar-refractivity contribution < 1.29 is 14.3 Å². The lowest BCUT2D eigenvalue weighted by molar-refractivity contribution is -0.118. The van der Waals surface area contributed by atoms with E-state index in [1.54, 1.807) is 43.5 Å². The summed E-state index contributed by atoms with van der Waals surface area (Å²) in [5.41, 5.74) is 8.07. The molecule has 0 aliphatic rings. The number of amides is 1. The van der Waals surface area contributed by atoms with E-state index in [9.17, 15) is 4.79 Å². The zero-order chi connectivity index (χ0) is 15.2. The summed E-state index contributed by atoms with van der Waals surface area (Å²) in [7, 11) is 1.59. The summed E-state index contributed by atoms with van der Waals surface area (Å²) >= 11 is 0. The molecule has 0 unspecified atom stereocenters. The van der Waals surface area contributed by atoms with Crippen LogP contribution in [0.4, 0.5) is 11.4 Å². The molecule has 2 rings (SSSR count). The van der Waals surface area contributed by atoms with Gasteiger partial charge in [0.05, 0.1) is 7.11 Å². The van der Waals surface area contributed by atoms with Crippen LogP contribution in [0.5, 0.6) is 11.5 Å². The molecule has 0 saturated heterocycles. The van der Waals surface area contributed by atoms with Gasteiger partial charge in [0, 0.05) is 11.4 Å². The second kappa shape index (κ2) is 6.65. The number of nitrogens with two attached hydrogens (primary N) is 1. The van der Waals surface area contributed by atoms with Gasteiger partial charge in [0.25, 0.3) is 5.91 Å². The third-order valence-electron chi connectivity index (χ3n) is 2.99. The monoisotopic (exact) mass is 286 g/mol. The van der Waals surface area contributed by atoms with E-state index in [1.807, 2.05) is 13.0 Å². The molecule has 0 atom stereocenters. The fourth-order valence-electron chi connectivity index (χ4n) is 1.74. The Balaban J connectivity index is 1.87. The highest BCUT2D eigenvalue weighted by molar-refractivity contribution is 5.92. The first-order chi connectivity index (χ1) is 10.1. The average Bonchev–Trinajstić information content (AvgIpc) is 2.49. The van der Waals surface area contributed by atoms with Crippen LogP contribution in [0.1, 0.15) is 5.56 Å². The van der Waals surface area contributed by atoms with Crippen LogP contribution >= 0.6 is 0 Å². The second-order valence-electron chi connectivity index (χ2n) is 4.58. The molecular formula is C16H18N2O3. The van der Waals surface area contributed by atoms with Gasteiger partial charge in [0.1, 0.15) is 11.5 Å². The van der Waals surface area contributed by atoms with Gasteiger partial charge in [-0.1, -0.05) is 6.07 Å². The molecule has 5 nitrogen and oxygen atoms in total. The minimum Gasteiger partial charge on any atom is -0.497 e. The van der Waals surface area contributed by atoms with Gasteiger partial charge >= 0.3 is 0 Å². The van der Waals surface area contributed by atoms with Crippen molar-refractivity contribution in [1.82, 2.24) is 0 Å². The quantitative estimate of drug-likeness (QED) is 0.829. The number of aryl methyl sites for hydroxylation is 1. The third kappa shape index (κ3) is 4.14. The van der Waals surface area contributed by atoms with Crippen molar-refractivity contribution in [3.63, 3.8) is 0 Å². The lowest BCUT2D eigenvalue weighted by atomic mass is 10.2. The van der Waals surface area contributed by atoms with Crippen molar-refractivity contribution >= 4 is 17.3 Å². The molecule has 2 aromatic carbocycles. The Morgan fingerprint density at radius 3 is 2.43 bits per heavy atom. The number of rotatable bonds is 5. The van der Waals surface area contributed by atoms with E-state index in [0.29, 0.717) is 17.1 Å². The fourth-order valence-corrected chi connectivity index (χ4v) is 1.74. The van der Waals surface area contributed by atoms with Gasteiger partial charge in [-0.2, -0.15) is 0 Å². The van der Waals surface area contributed by atoms with Crippen LogP contribution in [-0.4, -0.2) is 19.6 Å². The van der Waals surface area contributed by atoms with E-state index < -0.39 is 0 Å². The smallest absolute Gasteiger partial charge is 0.262 e. The molecule has 3 N–H and O–H groups in total. The van der Waals surface area contributed by atoms with E-state index in [2.05, 4.69) is 5.32 Å². The van der Waals surface area contributed by atoms with Gasteiger partial charge < -0.3 is 20.5 Å². The zero-order valence-corrected chi connectivity index (χ0v) is 12.1. The van der Waals surface area contributed by atoms with Crippen molar-refractivity contribution in [3.8, 4) is 11.5 Å². The van der Waals surface area contributed by atoms with Crippen LogP contribution in [0.3, 0.4) is 0 Å². The molecule has 5 heteroatoms. The number of benzene rings is 2. The number of ether oxygens (including phenoxy) is 2. The number of methoxy groups -OCH3 is 1. The average molecular weight is 286 g/mol. The summed E-state index contributed by atoms with van der Waals surface area (Å²) in [6.07, 6.45) is 0. The Morgan fingerprint density at radius 1 is 1.14 bits per heavy atom. The predicted molar refractivity (Wildman–Crippen MR) is 82.7 cm³/mol. The van der Waals surface area contributed by atoms with Crippen molar-refractivity contribution in [3.05, 3.63) is 48.0 Å². The van der Waals surface area contributed by atoms with Crippen molar-refractivity contribution in [2.75, 3.05) is 24.8 Å². The Bertz CT molecular complexity index is 624. The predicted octanol–water partition coefficient (Wildman–Crippen LogP) is 2.60. The minimum absolute atomic E-state index is 0.0693. The van der Waals surface area contributed by atoms with Crippen LogP contribution < -0.4 is 20.5 Å². The molecule has 21 heavy (non-hydrogen) atoms. The van der Waals surface area contributed by atoms with Crippen molar-refractivity contribution in [2.45, 2.75) is 6.92 Å². The number of carbonyl (C=O) groups is 1. The van der Waals surface area contributed by atoms with Crippen LogP contribution in [0.2, 0.25) is 0 Å². The lowest BCUT2D eigenvalue weighted by Gasteiger charge is -2.09. The van der Waals surface area contributed by atoms with Crippen molar-refractivity contribution in [2.24, 2.45) is 0 Å². The van der Waals surface area contributed by atoms with Gasteiger partial charge in [-0.05, 0) is 48.9 Å². The molecular weight excluding hydrogens is 268 g/mol. The lowest BCUT2D eigenvalue weighted by Crippen LogP contribution is -2.20. The highest BCUT2D eigenvalue weighted by Crippen LogP contribution is 2.18. The Hall–Kier alpha value is -2.69. The van der Waals surface area contributed by atoms with E-state index in [4.69, 9.17) is 15.2 Å². The molecule has 0 bridgehead atoms. The summed E-state index contributed by atoms with van der Waals surface area (Å²) in [5, 5.41) is 2.73. The molecule has 1 amide bonds. The van der Waals surface area contributed by atoms with Gasteiger partial charge in [-0.25, -0.2) is 0 Å². The molecule has 0 saturated carbocycles. The molecule has 0 aliphatic carbocycles. The number of nitrogen functional groups attached to an aromatic ring is 1. The second-order valence-corrected chi connectivity index (χ2v) is 4.58. The topological polar surface area (TPSA) is 73.6 Å². The highest BCUT2D eigenvalue weighted by atomic mass is 16.5. The first-order valence-electron chi connectivity index (χ1n) is 6.51. The summed E-state index contributed by atoms with van der Waals surface area (Å²) in [6, 6.07) is 12.4. The van der Waals surface area contributed by atoms with Gasteiger partial charge in [-0.3, -0.25) is 4.79 Å². The van der Waals surface area contributed by atoms with Gasteiger partial charge in [0.2, 0.25) is 0 Å². The summed E-state index contributed by atoms with van der Waals surface area (Å²) in [4.78, 5) is 11.8. The molecule has 0 aliphatic heterocycles. The van der Waals surface area contributed by atoms with E-state index >= 15 is 0 Å². The molecule has 0 aromatic heterocycles. The SMILES string of the molecule is COc1ccc(OCC(=O)Nc2ccc(C)c(N)c2)cc1. The fraction of sp³-hybridized carbons (Fsp3) is 0.188. The number of anilines is 2. The number of nitrogens with one attached hydrogen (secondary N) is 1. The number of carbonyl (C=O) groups excluding carboxylic acids is 1. The van der Waals surface area contributed by atoms with E-state index in [1.165, 1.54) is 0 Å². The Kier molecular flexibility index (Phi) is 4.66. The molecule has 0 spiro atoms. The van der Waals surface area contributed by atoms with E-state index in [-0.39, 0.29) is 12.5 Å². The highest BCUT2D eigenvalue weighted by Gasteiger charge is 2.05. The Morgan fingerprint density at radius 2 is 1.81 bits per heavy atom. The molecule has 0 radical (unpaired) electrons. The summed E-state index contributed by atoms with van der Waals surface area (Å²) in [5.74, 6) is 1.10. The van der Waals surface area contributed by atoms with E-state index in [0.717, 1.165) is 11.3 Å². The molecule has 110 valence electrons. The minimum atomic E-state index is -0.242. The number of hydrogen-bond donors (Lipinski definition) is 2. The van der Waals surface area contributed by atoms with Gasteiger partial charge in [-0.15, -0.1) is 0 Å². The van der Waals surface area contributed by atoms with Gasteiger partial charge in [0.15, 0.2) is 6.61 Å². The summed E-state index contributed by atoms with van der Waals surface area (Å²) < 4.78 is 10.4.